The van der Waals surface area contributed by atoms with Crippen LogP contribution in [0.3, 0.4) is 0 Å². The minimum absolute atomic E-state index is 0.519. The largest absolute Gasteiger partial charge is 0.445 e. The van der Waals surface area contributed by atoms with Crippen molar-refractivity contribution >= 4 is 18.6 Å². The molecule has 15 heavy (non-hydrogen) atoms. The smallest absolute Gasteiger partial charge is 0.218 e. The van der Waals surface area contributed by atoms with E-state index >= 15 is 0 Å². The van der Waals surface area contributed by atoms with Gasteiger partial charge in [-0.1, -0.05) is 13.0 Å². The summed E-state index contributed by atoms with van der Waals surface area (Å²) in [4.78, 5) is 11.8. The van der Waals surface area contributed by atoms with Gasteiger partial charge in [0.2, 0.25) is 5.89 Å². The van der Waals surface area contributed by atoms with Crippen LogP contribution < -0.4 is 0 Å². The molecule has 0 bridgehead atoms. The third-order valence-corrected chi connectivity index (χ3v) is 1.54. The van der Waals surface area contributed by atoms with E-state index in [1.165, 1.54) is 6.26 Å². The molecule has 0 N–H and O–H groups in total. The van der Waals surface area contributed by atoms with Gasteiger partial charge in [0, 0.05) is 12.3 Å². The molecule has 1 aromatic heterocycles. The van der Waals surface area contributed by atoms with E-state index in [1.807, 2.05) is 13.0 Å². The Morgan fingerprint density at radius 2 is 2.53 bits per heavy atom. The lowest BCUT2D eigenvalue weighted by molar-refractivity contribution is 0.546. The molecule has 1 rings (SSSR count). The third-order valence-electron chi connectivity index (χ3n) is 1.54. The van der Waals surface area contributed by atoms with Crippen LogP contribution in [0.25, 0.3) is 6.08 Å². The molecule has 0 fully saturated rings. The van der Waals surface area contributed by atoms with E-state index in [0.717, 1.165) is 6.42 Å². The molecule has 0 saturated heterocycles. The first-order valence-corrected chi connectivity index (χ1v) is 4.64. The number of aliphatic imine (C=N–C) groups is 2. The molecular formula is C11H13N3O. The second-order valence-electron chi connectivity index (χ2n) is 2.64. The average Bonchev–Trinajstić information content (AvgIpc) is 2.76. The van der Waals surface area contributed by atoms with Crippen LogP contribution in [0.1, 0.15) is 19.2 Å². The Bertz CT molecular complexity index is 375. The minimum atomic E-state index is 0.519. The molecule has 1 aromatic rings. The maximum absolute atomic E-state index is 5.02. The summed E-state index contributed by atoms with van der Waals surface area (Å²) in [5.74, 6) is 1.05. The summed E-state index contributed by atoms with van der Waals surface area (Å²) >= 11 is 0. The van der Waals surface area contributed by atoms with Crippen molar-refractivity contribution in [3.05, 3.63) is 36.7 Å². The van der Waals surface area contributed by atoms with E-state index < -0.39 is 0 Å². The first kappa shape index (κ1) is 11.1. The number of oxazole rings is 1. The van der Waals surface area contributed by atoms with E-state index in [1.54, 1.807) is 24.5 Å². The molecule has 0 saturated carbocycles. The summed E-state index contributed by atoms with van der Waals surface area (Å²) in [5.41, 5.74) is 0. The maximum Gasteiger partial charge on any atom is 0.218 e. The molecule has 0 radical (unpaired) electrons. The monoisotopic (exact) mass is 203 g/mol. The van der Waals surface area contributed by atoms with Crippen LogP contribution in [0.15, 0.2) is 45.2 Å². The van der Waals surface area contributed by atoms with Gasteiger partial charge in [0.05, 0.1) is 6.20 Å². The van der Waals surface area contributed by atoms with E-state index in [0.29, 0.717) is 11.7 Å². The van der Waals surface area contributed by atoms with Gasteiger partial charge < -0.3 is 4.42 Å². The Hall–Kier alpha value is -1.97. The van der Waals surface area contributed by atoms with Crippen molar-refractivity contribution in [2.45, 2.75) is 13.3 Å². The highest BCUT2D eigenvalue weighted by molar-refractivity contribution is 5.99. The first-order chi connectivity index (χ1) is 7.36. The number of rotatable bonds is 4. The molecular weight excluding hydrogens is 190 g/mol. The number of amidine groups is 1. The highest BCUT2D eigenvalue weighted by Gasteiger charge is 1.90. The SMILES string of the molecule is C=NC(C=Cc1ncco1)=NC=CCC. The summed E-state index contributed by atoms with van der Waals surface area (Å²) in [6.07, 6.45) is 11.0. The van der Waals surface area contributed by atoms with Gasteiger partial charge in [-0.15, -0.1) is 0 Å². The zero-order valence-electron chi connectivity index (χ0n) is 8.63. The Morgan fingerprint density at radius 1 is 1.67 bits per heavy atom. The third kappa shape index (κ3) is 4.17. The summed E-state index contributed by atoms with van der Waals surface area (Å²) in [7, 11) is 0. The zero-order valence-corrected chi connectivity index (χ0v) is 8.63. The topological polar surface area (TPSA) is 50.8 Å². The number of nitrogens with zero attached hydrogens (tertiary/aromatic N) is 3. The molecule has 0 spiro atoms. The van der Waals surface area contributed by atoms with E-state index in [9.17, 15) is 0 Å². The molecule has 0 unspecified atom stereocenters. The summed E-state index contributed by atoms with van der Waals surface area (Å²) in [6.45, 7) is 5.46. The summed E-state index contributed by atoms with van der Waals surface area (Å²) < 4.78 is 5.02. The van der Waals surface area contributed by atoms with Crippen LogP contribution >= 0.6 is 0 Å². The Balaban J connectivity index is 2.65. The van der Waals surface area contributed by atoms with Crippen molar-refractivity contribution in [3.63, 3.8) is 0 Å². The number of hydrogen-bond donors (Lipinski definition) is 0. The standard InChI is InChI=1S/C11H13N3O/c1-3-4-7-13-10(12-2)5-6-11-14-8-9-15-11/h4-9H,2-3H2,1H3. The molecule has 0 aliphatic carbocycles. The van der Waals surface area contributed by atoms with Crippen molar-refractivity contribution < 1.29 is 4.42 Å². The molecule has 78 valence electrons. The normalized spacial score (nSPS) is 12.7. The van der Waals surface area contributed by atoms with Gasteiger partial charge in [0.15, 0.2) is 5.84 Å². The second kappa shape index (κ2) is 6.48. The fourth-order valence-electron chi connectivity index (χ4n) is 0.834. The lowest BCUT2D eigenvalue weighted by atomic mass is 10.4. The van der Waals surface area contributed by atoms with Crippen molar-refractivity contribution in [1.82, 2.24) is 4.98 Å². The molecule has 0 aromatic carbocycles. The average molecular weight is 203 g/mol. The Morgan fingerprint density at radius 3 is 3.13 bits per heavy atom. The quantitative estimate of drug-likeness (QED) is 0.558. The van der Waals surface area contributed by atoms with Crippen LogP contribution in [-0.2, 0) is 0 Å². The van der Waals surface area contributed by atoms with Crippen molar-refractivity contribution in [3.8, 4) is 0 Å². The van der Waals surface area contributed by atoms with Gasteiger partial charge in [-0.3, -0.25) is 0 Å². The zero-order chi connectivity index (χ0) is 10.9. The fraction of sp³-hybridized carbons (Fsp3) is 0.182. The number of allylic oxidation sites excluding steroid dienone is 1. The Labute approximate surface area is 88.8 Å². The van der Waals surface area contributed by atoms with Gasteiger partial charge in [-0.2, -0.15) is 0 Å². The minimum Gasteiger partial charge on any atom is -0.445 e. The van der Waals surface area contributed by atoms with Gasteiger partial charge in [0.1, 0.15) is 6.26 Å². The number of aromatic nitrogens is 1. The maximum atomic E-state index is 5.02. The molecule has 0 amide bonds. The fourth-order valence-corrected chi connectivity index (χ4v) is 0.834. The van der Waals surface area contributed by atoms with Gasteiger partial charge in [-0.25, -0.2) is 15.0 Å². The predicted octanol–water partition coefficient (Wildman–Crippen LogP) is 2.71. The van der Waals surface area contributed by atoms with Gasteiger partial charge >= 0.3 is 0 Å². The van der Waals surface area contributed by atoms with Gasteiger partial charge in [-0.05, 0) is 19.2 Å². The molecule has 0 aliphatic rings. The lowest BCUT2D eigenvalue weighted by Crippen LogP contribution is -1.85. The van der Waals surface area contributed by atoms with E-state index in [-0.39, 0.29) is 0 Å². The van der Waals surface area contributed by atoms with E-state index in [4.69, 9.17) is 4.42 Å². The molecule has 4 nitrogen and oxygen atoms in total. The molecule has 0 atom stereocenters. The van der Waals surface area contributed by atoms with Crippen LogP contribution in [0, 0.1) is 0 Å². The van der Waals surface area contributed by atoms with Crippen molar-refractivity contribution in [2.75, 3.05) is 0 Å². The van der Waals surface area contributed by atoms with Crippen molar-refractivity contribution in [1.29, 1.82) is 0 Å². The van der Waals surface area contributed by atoms with Gasteiger partial charge in [0.25, 0.3) is 0 Å². The summed E-state index contributed by atoms with van der Waals surface area (Å²) in [5, 5.41) is 0. The van der Waals surface area contributed by atoms with Crippen LogP contribution in [0.2, 0.25) is 0 Å². The van der Waals surface area contributed by atoms with Crippen molar-refractivity contribution in [2.24, 2.45) is 9.98 Å². The number of hydrogen-bond acceptors (Lipinski definition) is 3. The highest BCUT2D eigenvalue weighted by Crippen LogP contribution is 1.98. The summed E-state index contributed by atoms with van der Waals surface area (Å²) in [6, 6.07) is 0. The van der Waals surface area contributed by atoms with Crippen LogP contribution in [0.4, 0.5) is 0 Å². The lowest BCUT2D eigenvalue weighted by Gasteiger charge is -1.87. The predicted molar refractivity (Wildman–Crippen MR) is 62.0 cm³/mol. The molecule has 1 heterocycles. The van der Waals surface area contributed by atoms with Crippen LogP contribution in [0.5, 0.6) is 0 Å². The molecule has 0 aliphatic heterocycles. The first-order valence-electron chi connectivity index (χ1n) is 4.64. The van der Waals surface area contributed by atoms with E-state index in [2.05, 4.69) is 21.7 Å². The second-order valence-corrected chi connectivity index (χ2v) is 2.64. The highest BCUT2D eigenvalue weighted by atomic mass is 16.3. The van der Waals surface area contributed by atoms with Crippen LogP contribution in [-0.4, -0.2) is 17.5 Å². The Kier molecular flexibility index (Phi) is 4.80. The molecule has 4 heteroatoms.